The smallest absolute Gasteiger partial charge is 0.340 e. The van der Waals surface area contributed by atoms with E-state index in [1.54, 1.807) is 31.5 Å². The Morgan fingerprint density at radius 3 is 2.32 bits per heavy atom. The number of hydrogen-bond acceptors (Lipinski definition) is 11. The van der Waals surface area contributed by atoms with Crippen molar-refractivity contribution in [1.82, 2.24) is 19.8 Å². The summed E-state index contributed by atoms with van der Waals surface area (Å²) < 4.78 is 60.5. The number of hydrogen-bond donors (Lipinski definition) is 2. The number of nitrogens with one attached hydrogen (secondary N) is 1. The van der Waals surface area contributed by atoms with Gasteiger partial charge in [0.05, 0.1) is 6.61 Å². The number of hydroxylamine groups is 1. The summed E-state index contributed by atoms with van der Waals surface area (Å²) in [6.45, 7) is 4.95. The van der Waals surface area contributed by atoms with E-state index in [1.807, 2.05) is 11.8 Å². The number of sulfonamides is 1. The van der Waals surface area contributed by atoms with Gasteiger partial charge in [-0.05, 0) is 54.4 Å². The van der Waals surface area contributed by atoms with Gasteiger partial charge < -0.3 is 19.7 Å². The van der Waals surface area contributed by atoms with Gasteiger partial charge in [0.1, 0.15) is 15.5 Å². The van der Waals surface area contributed by atoms with E-state index >= 15 is 0 Å². The molecule has 0 amide bonds. The number of guanidine groups is 1. The number of anilines is 1. The maximum absolute atomic E-state index is 13.6. The molecule has 0 spiro atoms. The highest BCUT2D eigenvalue weighted by Crippen LogP contribution is 2.30. The zero-order valence-corrected chi connectivity index (χ0v) is 24.1. The van der Waals surface area contributed by atoms with E-state index < -0.39 is 25.0 Å². The van der Waals surface area contributed by atoms with Crippen molar-refractivity contribution in [1.29, 1.82) is 0 Å². The van der Waals surface area contributed by atoms with Crippen LogP contribution in [0, 0.1) is 6.92 Å². The lowest BCUT2D eigenvalue weighted by Gasteiger charge is -2.34. The molecular weight excluding hydrogens is 574 g/mol. The molecule has 1 aliphatic rings. The molecular formula is C25H31N7O7S2. The molecule has 1 aromatic heterocycles. The van der Waals surface area contributed by atoms with E-state index in [-0.39, 0.29) is 35.4 Å². The van der Waals surface area contributed by atoms with Crippen molar-refractivity contribution in [3.63, 3.8) is 0 Å². The molecule has 14 nitrogen and oxygen atoms in total. The maximum atomic E-state index is 13.6. The Balaban J connectivity index is 1.52. The van der Waals surface area contributed by atoms with Crippen LogP contribution in [0.4, 0.5) is 5.95 Å². The first-order valence-corrected chi connectivity index (χ1v) is 15.5. The summed E-state index contributed by atoms with van der Waals surface area (Å²) >= 11 is 0. The van der Waals surface area contributed by atoms with Crippen molar-refractivity contribution in [2.75, 3.05) is 37.7 Å². The quantitative estimate of drug-likeness (QED) is 0.106. The van der Waals surface area contributed by atoms with Crippen LogP contribution < -0.4 is 25.1 Å². The van der Waals surface area contributed by atoms with Gasteiger partial charge in [0.2, 0.25) is 16.0 Å². The minimum atomic E-state index is -4.58. The molecule has 2 heterocycles. The van der Waals surface area contributed by atoms with Gasteiger partial charge in [-0.3, -0.25) is 4.84 Å². The summed E-state index contributed by atoms with van der Waals surface area (Å²) in [5.41, 5.74) is 8.67. The molecule has 3 aromatic rings. The Morgan fingerprint density at radius 2 is 1.63 bits per heavy atom. The van der Waals surface area contributed by atoms with Gasteiger partial charge in [-0.1, -0.05) is 19.1 Å². The summed E-state index contributed by atoms with van der Waals surface area (Å²) in [7, 11) is -8.77. The first-order chi connectivity index (χ1) is 19.6. The van der Waals surface area contributed by atoms with Crippen molar-refractivity contribution >= 4 is 32.0 Å². The highest BCUT2D eigenvalue weighted by molar-refractivity contribution is 7.91. The van der Waals surface area contributed by atoms with Crippen molar-refractivity contribution in [3.05, 3.63) is 66.5 Å². The molecule has 1 fully saturated rings. The summed E-state index contributed by atoms with van der Waals surface area (Å²) in [6.07, 6.45) is 3.98. The minimum absolute atomic E-state index is 0.104. The Labute approximate surface area is 238 Å². The number of rotatable bonds is 11. The zero-order valence-electron chi connectivity index (χ0n) is 22.5. The van der Waals surface area contributed by atoms with E-state index in [9.17, 15) is 16.8 Å². The fourth-order valence-corrected chi connectivity index (χ4v) is 7.04. The second kappa shape index (κ2) is 13.1. The molecule has 0 atom stereocenters. The van der Waals surface area contributed by atoms with Gasteiger partial charge >= 0.3 is 10.1 Å². The number of oxime groups is 1. The van der Waals surface area contributed by atoms with Crippen molar-refractivity contribution in [2.24, 2.45) is 10.9 Å². The number of piperazine rings is 1. The first-order valence-electron chi connectivity index (χ1n) is 12.7. The van der Waals surface area contributed by atoms with Gasteiger partial charge in [0.15, 0.2) is 5.75 Å². The molecule has 1 aliphatic heterocycles. The van der Waals surface area contributed by atoms with Crippen LogP contribution in [-0.4, -0.2) is 69.9 Å². The van der Waals surface area contributed by atoms with Crippen LogP contribution in [0.2, 0.25) is 0 Å². The number of aromatic nitrogens is 2. The third-order valence-corrected chi connectivity index (χ3v) is 9.17. The van der Waals surface area contributed by atoms with E-state index in [4.69, 9.17) is 19.6 Å². The highest BCUT2D eigenvalue weighted by atomic mass is 32.2. The van der Waals surface area contributed by atoms with Crippen molar-refractivity contribution < 1.29 is 30.7 Å². The molecule has 220 valence electrons. The average molecular weight is 606 g/mol. The standard InChI is InChI=1S/C25H31N7O7S2/c1-3-15-37-29-24(26)30-38-20-16-19(2)17-21(18-20)39-41(35,36)23-8-5-4-7-22(23)40(33,34)32-13-11-31(12-14-32)25-27-9-6-10-28-25/h4-10,16-18H,3,11-15H2,1-2H3,(H3,26,29,30). The molecule has 0 saturated carbocycles. The van der Waals surface area contributed by atoms with E-state index in [0.29, 0.717) is 31.2 Å². The van der Waals surface area contributed by atoms with Crippen LogP contribution in [0.1, 0.15) is 18.9 Å². The predicted octanol–water partition coefficient (Wildman–Crippen LogP) is 1.60. The normalized spacial score (nSPS) is 15.0. The molecule has 41 heavy (non-hydrogen) atoms. The SMILES string of the molecule is CCCONC(N)=NOc1cc(C)cc(OS(=O)(=O)c2ccccc2S(=O)(=O)N2CCN(c3ncccn3)CC2)c1. The second-order valence-electron chi connectivity index (χ2n) is 8.92. The topological polar surface area (TPSA) is 179 Å². The lowest BCUT2D eigenvalue weighted by atomic mass is 10.2. The van der Waals surface area contributed by atoms with Gasteiger partial charge in [-0.25, -0.2) is 23.9 Å². The predicted molar refractivity (Wildman–Crippen MR) is 150 cm³/mol. The third-order valence-electron chi connectivity index (χ3n) is 5.77. The molecule has 2 aromatic carbocycles. The number of nitrogens with two attached hydrogens (primary N) is 1. The minimum Gasteiger partial charge on any atom is -0.379 e. The number of nitrogens with zero attached hydrogens (tertiary/aromatic N) is 5. The second-order valence-corrected chi connectivity index (χ2v) is 12.3. The van der Waals surface area contributed by atoms with E-state index in [2.05, 4.69) is 20.6 Å². The Morgan fingerprint density at radius 1 is 0.976 bits per heavy atom. The molecule has 0 unspecified atom stereocenters. The fraction of sp³-hybridized carbons (Fsp3) is 0.320. The Kier molecular flexibility index (Phi) is 9.59. The summed E-state index contributed by atoms with van der Waals surface area (Å²) in [5.74, 6) is 0.382. The molecule has 4 rings (SSSR count). The Bertz CT molecular complexity index is 1580. The molecule has 1 saturated heterocycles. The summed E-state index contributed by atoms with van der Waals surface area (Å²) in [5, 5.41) is 3.68. The van der Waals surface area contributed by atoms with Crippen LogP contribution in [0.5, 0.6) is 11.5 Å². The van der Waals surface area contributed by atoms with Crippen LogP contribution in [0.3, 0.4) is 0 Å². The van der Waals surface area contributed by atoms with Crippen LogP contribution in [0.25, 0.3) is 0 Å². The molecule has 0 aliphatic carbocycles. The molecule has 0 radical (unpaired) electrons. The van der Waals surface area contributed by atoms with Crippen molar-refractivity contribution in [3.8, 4) is 11.5 Å². The highest BCUT2D eigenvalue weighted by Gasteiger charge is 2.34. The molecule has 16 heteroatoms. The summed E-state index contributed by atoms with van der Waals surface area (Å²) in [4.78, 5) is 19.7. The van der Waals surface area contributed by atoms with Crippen molar-refractivity contribution in [2.45, 2.75) is 30.1 Å². The monoisotopic (exact) mass is 605 g/mol. The zero-order chi connectivity index (χ0) is 29.5. The van der Waals surface area contributed by atoms with Crippen LogP contribution in [0.15, 0.2) is 75.9 Å². The lowest BCUT2D eigenvalue weighted by molar-refractivity contribution is 0.0824. The average Bonchev–Trinajstić information content (AvgIpc) is 2.96. The number of benzene rings is 2. The molecule has 0 bridgehead atoms. The Hall–Kier alpha value is -3.99. The number of aryl methyl sites for hydroxylation is 1. The van der Waals surface area contributed by atoms with Gasteiger partial charge in [-0.2, -0.15) is 12.7 Å². The van der Waals surface area contributed by atoms with Gasteiger partial charge in [0, 0.05) is 44.6 Å². The van der Waals surface area contributed by atoms with Crippen LogP contribution in [-0.2, 0) is 25.0 Å². The first kappa shape index (κ1) is 30.0. The fourth-order valence-electron chi connectivity index (χ4n) is 3.93. The third kappa shape index (κ3) is 7.60. The van der Waals surface area contributed by atoms with Gasteiger partial charge in [-0.15, -0.1) is 0 Å². The van der Waals surface area contributed by atoms with E-state index in [0.717, 1.165) is 6.42 Å². The lowest BCUT2D eigenvalue weighted by Crippen LogP contribution is -2.49. The maximum Gasteiger partial charge on any atom is 0.340 e. The molecule has 3 N–H and O–H groups in total. The van der Waals surface area contributed by atoms with Gasteiger partial charge in [0.25, 0.3) is 5.96 Å². The van der Waals surface area contributed by atoms with Crippen LogP contribution >= 0.6 is 0 Å². The summed E-state index contributed by atoms with van der Waals surface area (Å²) in [6, 6.07) is 11.3. The largest absolute Gasteiger partial charge is 0.379 e. The van der Waals surface area contributed by atoms with E-state index in [1.165, 1.54) is 40.7 Å².